The molecule has 102 valence electrons. The number of ether oxygens (including phenoxy) is 1. The molecule has 1 aromatic heterocycles. The molecular formula is C17H11ClN2O. The molecule has 21 heavy (non-hydrogen) atoms. The second kappa shape index (κ2) is 5.82. The van der Waals surface area contributed by atoms with Crippen LogP contribution < -0.4 is 4.74 Å². The highest BCUT2D eigenvalue weighted by atomic mass is 35.5. The van der Waals surface area contributed by atoms with Gasteiger partial charge in [-0.05, 0) is 30.3 Å². The third-order valence-corrected chi connectivity index (χ3v) is 3.52. The minimum atomic E-state index is 0.337. The van der Waals surface area contributed by atoms with Crippen molar-refractivity contribution < 1.29 is 4.74 Å². The number of halogens is 1. The molecule has 0 radical (unpaired) electrons. The Bertz CT molecular complexity index is 840. The van der Waals surface area contributed by atoms with Crippen molar-refractivity contribution in [1.82, 2.24) is 4.98 Å². The Morgan fingerprint density at radius 3 is 2.81 bits per heavy atom. The molecule has 1 heterocycles. The second-order valence-corrected chi connectivity index (χ2v) is 4.91. The summed E-state index contributed by atoms with van der Waals surface area (Å²) in [4.78, 5) is 4.37. The minimum Gasteiger partial charge on any atom is -0.487 e. The van der Waals surface area contributed by atoms with Crippen molar-refractivity contribution in [1.29, 1.82) is 5.26 Å². The number of hydrogen-bond donors (Lipinski definition) is 0. The molecule has 0 spiro atoms. The van der Waals surface area contributed by atoms with E-state index in [1.165, 1.54) is 0 Å². The Hall–Kier alpha value is -2.57. The van der Waals surface area contributed by atoms with E-state index in [1.54, 1.807) is 18.3 Å². The zero-order chi connectivity index (χ0) is 14.7. The van der Waals surface area contributed by atoms with Crippen LogP contribution in [0.3, 0.4) is 0 Å². The molecule has 0 atom stereocenters. The number of para-hydroxylation sites is 1. The van der Waals surface area contributed by atoms with Gasteiger partial charge in [0.25, 0.3) is 0 Å². The maximum Gasteiger partial charge on any atom is 0.137 e. The summed E-state index contributed by atoms with van der Waals surface area (Å²) in [5.41, 5.74) is 2.27. The van der Waals surface area contributed by atoms with Gasteiger partial charge in [0.1, 0.15) is 18.4 Å². The molecule has 0 aliphatic heterocycles. The lowest BCUT2D eigenvalue weighted by Crippen LogP contribution is -1.99. The maximum atomic E-state index is 9.06. The fourth-order valence-corrected chi connectivity index (χ4v) is 2.37. The Morgan fingerprint density at radius 1 is 1.10 bits per heavy atom. The maximum absolute atomic E-state index is 9.06. The third kappa shape index (κ3) is 2.67. The van der Waals surface area contributed by atoms with Crippen LogP contribution in [0.25, 0.3) is 10.9 Å². The molecule has 0 aliphatic carbocycles. The molecule has 0 fully saturated rings. The molecule has 0 bridgehead atoms. The first kappa shape index (κ1) is 13.4. The van der Waals surface area contributed by atoms with Gasteiger partial charge in [0, 0.05) is 22.2 Å². The van der Waals surface area contributed by atoms with E-state index in [-0.39, 0.29) is 0 Å². The summed E-state index contributed by atoms with van der Waals surface area (Å²) in [7, 11) is 0. The summed E-state index contributed by atoms with van der Waals surface area (Å²) >= 11 is 6.17. The number of aromatic nitrogens is 1. The monoisotopic (exact) mass is 294 g/mol. The van der Waals surface area contributed by atoms with Crippen LogP contribution >= 0.6 is 11.6 Å². The SMILES string of the molecule is N#Cc1ccccc1OCc1ccc(Cl)c2cccnc12. The highest BCUT2D eigenvalue weighted by Gasteiger charge is 2.08. The van der Waals surface area contributed by atoms with Gasteiger partial charge in [-0.1, -0.05) is 29.8 Å². The zero-order valence-corrected chi connectivity index (χ0v) is 11.8. The Balaban J connectivity index is 1.93. The van der Waals surface area contributed by atoms with Gasteiger partial charge >= 0.3 is 0 Å². The Morgan fingerprint density at radius 2 is 1.95 bits per heavy atom. The van der Waals surface area contributed by atoms with Crippen molar-refractivity contribution in [2.24, 2.45) is 0 Å². The summed E-state index contributed by atoms with van der Waals surface area (Å²) in [6.45, 7) is 0.337. The molecule has 0 N–H and O–H groups in total. The third-order valence-electron chi connectivity index (χ3n) is 3.19. The normalized spacial score (nSPS) is 10.3. The Labute approximate surface area is 127 Å². The van der Waals surface area contributed by atoms with Crippen LogP contribution in [-0.4, -0.2) is 4.98 Å². The summed E-state index contributed by atoms with van der Waals surface area (Å²) in [5, 5.41) is 10.6. The molecule has 3 nitrogen and oxygen atoms in total. The van der Waals surface area contributed by atoms with Crippen LogP contribution in [-0.2, 0) is 6.61 Å². The van der Waals surface area contributed by atoms with E-state index in [9.17, 15) is 0 Å². The van der Waals surface area contributed by atoms with E-state index < -0.39 is 0 Å². The molecule has 0 unspecified atom stereocenters. The van der Waals surface area contributed by atoms with Crippen LogP contribution in [0, 0.1) is 11.3 Å². The number of pyridine rings is 1. The Kier molecular flexibility index (Phi) is 3.72. The fourth-order valence-electron chi connectivity index (χ4n) is 2.15. The van der Waals surface area contributed by atoms with Crippen molar-refractivity contribution in [2.45, 2.75) is 6.61 Å². The number of hydrogen-bond acceptors (Lipinski definition) is 3. The topological polar surface area (TPSA) is 45.9 Å². The highest BCUT2D eigenvalue weighted by molar-refractivity contribution is 6.35. The number of nitriles is 1. The summed E-state index contributed by atoms with van der Waals surface area (Å²) in [5.74, 6) is 0.569. The lowest BCUT2D eigenvalue weighted by Gasteiger charge is -2.10. The average molecular weight is 295 g/mol. The smallest absolute Gasteiger partial charge is 0.137 e. The minimum absolute atomic E-state index is 0.337. The first-order valence-corrected chi connectivity index (χ1v) is 6.81. The van der Waals surface area contributed by atoms with Crippen molar-refractivity contribution >= 4 is 22.5 Å². The first-order chi connectivity index (χ1) is 10.3. The van der Waals surface area contributed by atoms with Gasteiger partial charge in [-0.3, -0.25) is 4.98 Å². The fraction of sp³-hybridized carbons (Fsp3) is 0.0588. The lowest BCUT2D eigenvalue weighted by atomic mass is 10.1. The molecule has 0 amide bonds. The predicted molar refractivity (Wildman–Crippen MR) is 82.2 cm³/mol. The van der Waals surface area contributed by atoms with Crippen molar-refractivity contribution in [3.8, 4) is 11.8 Å². The molecule has 2 aromatic carbocycles. The van der Waals surface area contributed by atoms with Gasteiger partial charge in [-0.25, -0.2) is 0 Å². The highest BCUT2D eigenvalue weighted by Crippen LogP contribution is 2.26. The van der Waals surface area contributed by atoms with Gasteiger partial charge in [-0.2, -0.15) is 5.26 Å². The van der Waals surface area contributed by atoms with E-state index in [4.69, 9.17) is 21.6 Å². The van der Waals surface area contributed by atoms with Crippen LogP contribution in [0.1, 0.15) is 11.1 Å². The summed E-state index contributed by atoms with van der Waals surface area (Å²) in [6, 6.07) is 16.8. The molecule has 0 aliphatic rings. The van der Waals surface area contributed by atoms with E-state index >= 15 is 0 Å². The second-order valence-electron chi connectivity index (χ2n) is 4.50. The standard InChI is InChI=1S/C17H11ClN2O/c18-15-8-7-13(17-14(15)5-3-9-20-17)11-21-16-6-2-1-4-12(16)10-19/h1-9H,11H2. The molecular weight excluding hydrogens is 284 g/mol. The average Bonchev–Trinajstić information content (AvgIpc) is 2.55. The van der Waals surface area contributed by atoms with Crippen LogP contribution in [0.5, 0.6) is 5.75 Å². The van der Waals surface area contributed by atoms with Gasteiger partial charge in [0.15, 0.2) is 0 Å². The number of fused-ring (bicyclic) bond motifs is 1. The quantitative estimate of drug-likeness (QED) is 0.722. The molecule has 4 heteroatoms. The predicted octanol–water partition coefficient (Wildman–Crippen LogP) is 4.34. The summed E-state index contributed by atoms with van der Waals surface area (Å²) in [6.07, 6.45) is 1.73. The molecule has 3 aromatic rings. The van der Waals surface area contributed by atoms with Crippen LogP contribution in [0.2, 0.25) is 5.02 Å². The van der Waals surface area contributed by atoms with E-state index in [0.717, 1.165) is 16.5 Å². The number of rotatable bonds is 3. The van der Waals surface area contributed by atoms with Gasteiger partial charge in [0.05, 0.1) is 11.1 Å². The van der Waals surface area contributed by atoms with E-state index in [0.29, 0.717) is 22.9 Å². The first-order valence-electron chi connectivity index (χ1n) is 6.43. The molecule has 3 rings (SSSR count). The van der Waals surface area contributed by atoms with E-state index in [2.05, 4.69) is 11.1 Å². The summed E-state index contributed by atoms with van der Waals surface area (Å²) < 4.78 is 5.76. The van der Waals surface area contributed by atoms with Gasteiger partial charge in [-0.15, -0.1) is 0 Å². The van der Waals surface area contributed by atoms with Gasteiger partial charge < -0.3 is 4.74 Å². The van der Waals surface area contributed by atoms with Crippen LogP contribution in [0.15, 0.2) is 54.7 Å². The number of benzene rings is 2. The van der Waals surface area contributed by atoms with Crippen molar-refractivity contribution in [3.05, 3.63) is 70.9 Å². The molecule has 0 saturated heterocycles. The largest absolute Gasteiger partial charge is 0.487 e. The van der Waals surface area contributed by atoms with Crippen molar-refractivity contribution in [2.75, 3.05) is 0 Å². The van der Waals surface area contributed by atoms with E-state index in [1.807, 2.05) is 36.4 Å². The molecule has 0 saturated carbocycles. The van der Waals surface area contributed by atoms with Gasteiger partial charge in [0.2, 0.25) is 0 Å². The van der Waals surface area contributed by atoms with Crippen LogP contribution in [0.4, 0.5) is 0 Å². The number of nitrogens with zero attached hydrogens (tertiary/aromatic N) is 2. The lowest BCUT2D eigenvalue weighted by molar-refractivity contribution is 0.306. The van der Waals surface area contributed by atoms with Crippen molar-refractivity contribution in [3.63, 3.8) is 0 Å². The zero-order valence-electron chi connectivity index (χ0n) is 11.1.